The summed E-state index contributed by atoms with van der Waals surface area (Å²) < 4.78 is 0. The Kier molecular flexibility index (Phi) is 1.84. The number of anilines is 1. The molecule has 0 atom stereocenters. The summed E-state index contributed by atoms with van der Waals surface area (Å²) in [6, 6.07) is 1.73. The van der Waals surface area contributed by atoms with Crippen LogP contribution in [-0.2, 0) is 5.54 Å². The standard InChI is InChI=1S/C9H13N3OS/c1-5-4-6-7(14-5)9(2,3)12(10)8(13)11-6/h4H,10H2,1-3H3,(H,11,13). The Bertz CT molecular complexity index is 397. The number of hydrazine groups is 1. The highest BCUT2D eigenvalue weighted by Crippen LogP contribution is 2.41. The first-order valence-electron chi connectivity index (χ1n) is 4.40. The van der Waals surface area contributed by atoms with Gasteiger partial charge < -0.3 is 5.32 Å². The maximum absolute atomic E-state index is 11.5. The van der Waals surface area contributed by atoms with Crippen LogP contribution in [0.4, 0.5) is 10.5 Å². The predicted molar refractivity (Wildman–Crippen MR) is 57.1 cm³/mol. The molecule has 0 saturated heterocycles. The monoisotopic (exact) mass is 211 g/mol. The number of urea groups is 1. The average molecular weight is 211 g/mol. The average Bonchev–Trinajstić information content (AvgIpc) is 2.44. The van der Waals surface area contributed by atoms with Gasteiger partial charge in [0, 0.05) is 4.88 Å². The summed E-state index contributed by atoms with van der Waals surface area (Å²) in [5.41, 5.74) is 0.473. The Morgan fingerprint density at radius 2 is 2.21 bits per heavy atom. The molecule has 0 fully saturated rings. The summed E-state index contributed by atoms with van der Waals surface area (Å²) >= 11 is 1.67. The topological polar surface area (TPSA) is 58.4 Å². The normalized spacial score (nSPS) is 19.1. The van der Waals surface area contributed by atoms with Gasteiger partial charge in [-0.1, -0.05) is 0 Å². The molecule has 2 amide bonds. The van der Waals surface area contributed by atoms with Gasteiger partial charge in [-0.25, -0.2) is 10.6 Å². The Balaban J connectivity index is 2.59. The molecule has 5 heteroatoms. The summed E-state index contributed by atoms with van der Waals surface area (Å²) in [6.07, 6.45) is 0. The van der Waals surface area contributed by atoms with Crippen LogP contribution in [0.5, 0.6) is 0 Å². The van der Waals surface area contributed by atoms with Gasteiger partial charge in [0.15, 0.2) is 0 Å². The number of nitrogens with zero attached hydrogens (tertiary/aromatic N) is 1. The first kappa shape index (κ1) is 9.48. The number of carbonyl (C=O) groups excluding carboxylic acids is 1. The van der Waals surface area contributed by atoms with E-state index in [4.69, 9.17) is 5.84 Å². The highest BCUT2D eigenvalue weighted by Gasteiger charge is 2.38. The third-order valence-corrected chi connectivity index (χ3v) is 3.84. The third-order valence-electron chi connectivity index (χ3n) is 2.47. The number of hydrogen-bond acceptors (Lipinski definition) is 3. The fourth-order valence-corrected chi connectivity index (χ4v) is 2.67. The SMILES string of the molecule is Cc1cc2c(s1)C(C)(C)N(N)C(=O)N2. The lowest BCUT2D eigenvalue weighted by Crippen LogP contribution is -2.54. The number of fused-ring (bicyclic) bond motifs is 1. The van der Waals surface area contributed by atoms with Crippen molar-refractivity contribution < 1.29 is 4.79 Å². The number of thiophene rings is 1. The molecule has 76 valence electrons. The molecule has 0 saturated carbocycles. The lowest BCUT2D eigenvalue weighted by atomic mass is 9.99. The first-order chi connectivity index (χ1) is 6.43. The molecule has 3 N–H and O–H groups in total. The van der Waals surface area contributed by atoms with E-state index < -0.39 is 5.54 Å². The van der Waals surface area contributed by atoms with Gasteiger partial charge in [-0.15, -0.1) is 11.3 Å². The number of hydrogen-bond donors (Lipinski definition) is 2. The minimum atomic E-state index is -0.420. The third kappa shape index (κ3) is 1.13. The largest absolute Gasteiger partial charge is 0.336 e. The van der Waals surface area contributed by atoms with Gasteiger partial charge in [-0.3, -0.25) is 5.01 Å². The van der Waals surface area contributed by atoms with Gasteiger partial charge in [-0.05, 0) is 26.8 Å². The van der Waals surface area contributed by atoms with Gasteiger partial charge in [0.2, 0.25) is 0 Å². The Labute approximate surface area is 86.7 Å². The molecule has 0 bridgehead atoms. The highest BCUT2D eigenvalue weighted by atomic mass is 32.1. The van der Waals surface area contributed by atoms with Crippen LogP contribution in [0, 0.1) is 6.92 Å². The van der Waals surface area contributed by atoms with Crippen molar-refractivity contribution in [3.05, 3.63) is 15.8 Å². The second-order valence-electron chi connectivity index (χ2n) is 3.96. The van der Waals surface area contributed by atoms with E-state index in [1.807, 2.05) is 26.8 Å². The second kappa shape index (κ2) is 2.71. The number of rotatable bonds is 0. The molecule has 4 nitrogen and oxygen atoms in total. The number of amides is 2. The van der Waals surface area contributed by atoms with Crippen LogP contribution in [0.15, 0.2) is 6.07 Å². The molecule has 14 heavy (non-hydrogen) atoms. The molecular weight excluding hydrogens is 198 g/mol. The molecule has 0 aromatic carbocycles. The van der Waals surface area contributed by atoms with Crippen molar-refractivity contribution in [3.8, 4) is 0 Å². The lowest BCUT2D eigenvalue weighted by molar-refractivity contribution is 0.145. The molecule has 1 aromatic rings. The molecule has 0 radical (unpaired) electrons. The van der Waals surface area contributed by atoms with E-state index in [9.17, 15) is 4.79 Å². The summed E-state index contributed by atoms with van der Waals surface area (Å²) in [7, 11) is 0. The fourth-order valence-electron chi connectivity index (χ4n) is 1.60. The Morgan fingerprint density at radius 1 is 1.57 bits per heavy atom. The Hall–Kier alpha value is -1.07. The minimum Gasteiger partial charge on any atom is -0.306 e. The number of nitrogens with one attached hydrogen (secondary N) is 1. The maximum Gasteiger partial charge on any atom is 0.336 e. The van der Waals surface area contributed by atoms with Crippen LogP contribution >= 0.6 is 11.3 Å². The summed E-state index contributed by atoms with van der Waals surface area (Å²) in [6.45, 7) is 5.91. The van der Waals surface area contributed by atoms with Crippen molar-refractivity contribution in [1.29, 1.82) is 0 Å². The molecule has 1 aliphatic heterocycles. The van der Waals surface area contributed by atoms with Gasteiger partial charge >= 0.3 is 6.03 Å². The van der Waals surface area contributed by atoms with E-state index in [0.717, 1.165) is 10.6 Å². The van der Waals surface area contributed by atoms with Crippen molar-refractivity contribution in [3.63, 3.8) is 0 Å². The Morgan fingerprint density at radius 3 is 2.86 bits per heavy atom. The van der Waals surface area contributed by atoms with Crippen molar-refractivity contribution in [1.82, 2.24) is 5.01 Å². The molecule has 0 unspecified atom stereocenters. The van der Waals surface area contributed by atoms with Crippen molar-refractivity contribution in [2.75, 3.05) is 5.32 Å². The van der Waals surface area contributed by atoms with Crippen molar-refractivity contribution in [2.45, 2.75) is 26.3 Å². The number of nitrogens with two attached hydrogens (primary N) is 1. The van der Waals surface area contributed by atoms with Gasteiger partial charge in [-0.2, -0.15) is 0 Å². The van der Waals surface area contributed by atoms with Crippen LogP contribution in [-0.4, -0.2) is 11.0 Å². The van der Waals surface area contributed by atoms with Gasteiger partial charge in [0.25, 0.3) is 0 Å². The van der Waals surface area contributed by atoms with Crippen LogP contribution in [0.2, 0.25) is 0 Å². The molecule has 2 heterocycles. The van der Waals surface area contributed by atoms with Crippen LogP contribution < -0.4 is 11.2 Å². The molecular formula is C9H13N3OS. The fraction of sp³-hybridized carbons (Fsp3) is 0.444. The zero-order valence-electron chi connectivity index (χ0n) is 8.42. The minimum absolute atomic E-state index is 0.250. The summed E-state index contributed by atoms with van der Waals surface area (Å²) in [4.78, 5) is 13.8. The smallest absolute Gasteiger partial charge is 0.306 e. The van der Waals surface area contributed by atoms with Crippen LogP contribution in [0.3, 0.4) is 0 Å². The zero-order valence-corrected chi connectivity index (χ0v) is 9.23. The van der Waals surface area contributed by atoms with Gasteiger partial charge in [0.1, 0.15) is 0 Å². The van der Waals surface area contributed by atoms with Crippen molar-refractivity contribution in [2.24, 2.45) is 5.84 Å². The van der Waals surface area contributed by atoms with E-state index >= 15 is 0 Å². The van der Waals surface area contributed by atoms with E-state index in [1.54, 1.807) is 11.3 Å². The zero-order chi connectivity index (χ0) is 10.5. The predicted octanol–water partition coefficient (Wildman–Crippen LogP) is 2.01. The summed E-state index contributed by atoms with van der Waals surface area (Å²) in [5, 5.41) is 4.00. The highest BCUT2D eigenvalue weighted by molar-refractivity contribution is 7.12. The molecule has 1 aliphatic rings. The second-order valence-corrected chi connectivity index (χ2v) is 5.22. The van der Waals surface area contributed by atoms with E-state index in [-0.39, 0.29) is 6.03 Å². The van der Waals surface area contributed by atoms with E-state index in [2.05, 4.69) is 5.32 Å². The number of aryl methyl sites for hydroxylation is 1. The van der Waals surface area contributed by atoms with E-state index in [0.29, 0.717) is 0 Å². The van der Waals surface area contributed by atoms with Crippen molar-refractivity contribution >= 4 is 23.1 Å². The lowest BCUT2D eigenvalue weighted by Gasteiger charge is -2.38. The molecule has 0 spiro atoms. The quantitative estimate of drug-likeness (QED) is 0.509. The molecule has 2 rings (SSSR count). The van der Waals surface area contributed by atoms with Crippen LogP contribution in [0.25, 0.3) is 0 Å². The van der Waals surface area contributed by atoms with Gasteiger partial charge in [0.05, 0.1) is 16.1 Å². The molecule has 1 aromatic heterocycles. The first-order valence-corrected chi connectivity index (χ1v) is 5.21. The number of carbonyl (C=O) groups is 1. The maximum atomic E-state index is 11.5. The molecule has 0 aliphatic carbocycles. The summed E-state index contributed by atoms with van der Waals surface area (Å²) in [5.74, 6) is 5.71. The van der Waals surface area contributed by atoms with Crippen LogP contribution in [0.1, 0.15) is 23.6 Å². The van der Waals surface area contributed by atoms with E-state index in [1.165, 1.54) is 9.89 Å².